The van der Waals surface area contributed by atoms with Crippen LogP contribution in [0, 0.1) is 0 Å². The highest BCUT2D eigenvalue weighted by Crippen LogP contribution is 2.25. The summed E-state index contributed by atoms with van der Waals surface area (Å²) >= 11 is 0. The molecule has 4 heteroatoms. The third-order valence-electron chi connectivity index (χ3n) is 6.19. The Hall–Kier alpha value is -1.32. The molecule has 1 unspecified atom stereocenters. The normalized spacial score (nSPS) is 16.1. The van der Waals surface area contributed by atoms with Gasteiger partial charge in [-0.3, -0.25) is 9.59 Å². The lowest BCUT2D eigenvalue weighted by atomic mass is 10.0. The molecule has 180 valence electrons. The fourth-order valence-electron chi connectivity index (χ4n) is 4.15. The van der Waals surface area contributed by atoms with Gasteiger partial charge >= 0.3 is 5.97 Å². The average molecular weight is 437 g/mol. The number of carbonyl (C=O) groups is 2. The molecule has 0 saturated heterocycles. The second kappa shape index (κ2) is 18.3. The molecule has 0 bridgehead atoms. The number of carbonyl (C=O) groups excluding carboxylic acids is 2. The number of rotatable bonds is 20. The average Bonchev–Trinajstić information content (AvgIpc) is 3.03. The van der Waals surface area contributed by atoms with Crippen LogP contribution in [0.3, 0.4) is 0 Å². The van der Waals surface area contributed by atoms with Gasteiger partial charge in [-0.2, -0.15) is 0 Å². The largest absolute Gasteiger partial charge is 0.483 e. The molecule has 0 spiro atoms. The third kappa shape index (κ3) is 13.0. The first-order chi connectivity index (χ1) is 15.1. The van der Waals surface area contributed by atoms with Gasteiger partial charge in [-0.1, -0.05) is 117 Å². The van der Waals surface area contributed by atoms with Crippen molar-refractivity contribution in [2.24, 2.45) is 0 Å². The van der Waals surface area contributed by atoms with Crippen molar-refractivity contribution >= 4 is 11.8 Å². The molecule has 0 aromatic heterocycles. The molecule has 1 aliphatic heterocycles. The number of hydrogen-bond donors (Lipinski definition) is 0. The predicted octanol–water partition coefficient (Wildman–Crippen LogP) is 8.18. The maximum Gasteiger partial charge on any atom is 0.311 e. The first-order valence-electron chi connectivity index (χ1n) is 13.2. The van der Waals surface area contributed by atoms with Crippen LogP contribution < -0.4 is 0 Å². The van der Waals surface area contributed by atoms with E-state index >= 15 is 0 Å². The van der Waals surface area contributed by atoms with E-state index in [9.17, 15) is 9.59 Å². The van der Waals surface area contributed by atoms with Crippen molar-refractivity contribution in [3.8, 4) is 0 Å². The minimum atomic E-state index is -0.530. The molecule has 4 nitrogen and oxygen atoms in total. The molecule has 0 N–H and O–H groups in total. The lowest BCUT2D eigenvalue weighted by molar-refractivity contribution is -0.142. The Morgan fingerprint density at radius 3 is 1.58 bits per heavy atom. The van der Waals surface area contributed by atoms with Gasteiger partial charge in [-0.25, -0.2) is 0 Å². The molecular formula is C27H48O4. The molecule has 0 aromatic rings. The summed E-state index contributed by atoms with van der Waals surface area (Å²) in [7, 11) is 0. The molecular weight excluding hydrogens is 388 g/mol. The molecule has 1 heterocycles. The van der Waals surface area contributed by atoms with Crippen LogP contribution in [0.15, 0.2) is 11.5 Å². The molecule has 31 heavy (non-hydrogen) atoms. The van der Waals surface area contributed by atoms with Crippen molar-refractivity contribution in [3.05, 3.63) is 11.5 Å². The molecule has 1 aliphatic rings. The minimum absolute atomic E-state index is 0.131. The van der Waals surface area contributed by atoms with Crippen LogP contribution >= 0.6 is 0 Å². The number of ether oxygens (including phenoxy) is 2. The molecule has 0 aliphatic carbocycles. The number of hydrogen-bond acceptors (Lipinski definition) is 4. The second-order valence-electron chi connectivity index (χ2n) is 9.11. The molecule has 0 fully saturated rings. The van der Waals surface area contributed by atoms with Crippen molar-refractivity contribution in [3.63, 3.8) is 0 Å². The number of Topliss-reactive ketones (excluding diaryl/α,β-unsaturated/α-hetero) is 1. The monoisotopic (exact) mass is 436 g/mol. The van der Waals surface area contributed by atoms with Crippen molar-refractivity contribution < 1.29 is 19.1 Å². The predicted molar refractivity (Wildman–Crippen MR) is 128 cm³/mol. The van der Waals surface area contributed by atoms with Crippen molar-refractivity contribution in [2.75, 3.05) is 0 Å². The Balaban J connectivity index is 1.86. The van der Waals surface area contributed by atoms with Crippen LogP contribution in [-0.2, 0) is 19.1 Å². The Bertz CT molecular complexity index is 523. The van der Waals surface area contributed by atoms with E-state index in [0.29, 0.717) is 18.6 Å². The van der Waals surface area contributed by atoms with Gasteiger partial charge in [0.25, 0.3) is 0 Å². The molecule has 0 aromatic carbocycles. The molecule has 0 amide bonds. The number of esters is 1. The number of unbranched alkanes of at least 4 members (excludes halogenated alkanes) is 16. The zero-order valence-electron chi connectivity index (χ0n) is 20.6. The van der Waals surface area contributed by atoms with Crippen molar-refractivity contribution in [1.29, 1.82) is 0 Å². The van der Waals surface area contributed by atoms with E-state index in [0.717, 1.165) is 12.8 Å². The van der Waals surface area contributed by atoms with Crippen LogP contribution in [0.4, 0.5) is 0 Å². The van der Waals surface area contributed by atoms with Crippen molar-refractivity contribution in [2.45, 2.75) is 149 Å². The summed E-state index contributed by atoms with van der Waals surface area (Å²) in [5, 5.41) is 0. The Kier molecular flexibility index (Phi) is 16.3. The van der Waals surface area contributed by atoms with Gasteiger partial charge in [0.2, 0.25) is 11.5 Å². The van der Waals surface area contributed by atoms with Gasteiger partial charge in [0.1, 0.15) is 5.76 Å². The van der Waals surface area contributed by atoms with E-state index in [1.807, 2.05) is 6.92 Å². The quantitative estimate of drug-likeness (QED) is 0.143. The Labute approximate surface area is 191 Å². The fourth-order valence-corrected chi connectivity index (χ4v) is 4.15. The molecule has 1 rings (SSSR count). The van der Waals surface area contributed by atoms with Gasteiger partial charge in [-0.05, 0) is 13.3 Å². The molecule has 0 radical (unpaired) electrons. The summed E-state index contributed by atoms with van der Waals surface area (Å²) < 4.78 is 10.7. The highest BCUT2D eigenvalue weighted by molar-refractivity contribution is 6.00. The summed E-state index contributed by atoms with van der Waals surface area (Å²) in [4.78, 5) is 24.0. The maximum absolute atomic E-state index is 12.0. The van der Waals surface area contributed by atoms with E-state index in [2.05, 4.69) is 6.92 Å². The summed E-state index contributed by atoms with van der Waals surface area (Å²) in [5.74, 6) is 0.112. The van der Waals surface area contributed by atoms with Crippen LogP contribution in [0.1, 0.15) is 143 Å². The van der Waals surface area contributed by atoms with Gasteiger partial charge < -0.3 is 9.47 Å². The maximum atomic E-state index is 12.0. The number of ketones is 1. The van der Waals surface area contributed by atoms with Crippen LogP contribution in [-0.4, -0.2) is 17.9 Å². The fraction of sp³-hybridized carbons (Fsp3) is 0.852. The number of allylic oxidation sites excluding steroid dienone is 1. The van der Waals surface area contributed by atoms with Gasteiger partial charge in [-0.15, -0.1) is 0 Å². The van der Waals surface area contributed by atoms with E-state index in [1.165, 1.54) is 96.3 Å². The van der Waals surface area contributed by atoms with Gasteiger partial charge in [0, 0.05) is 12.8 Å². The lowest BCUT2D eigenvalue weighted by Gasteiger charge is -2.05. The van der Waals surface area contributed by atoms with E-state index in [4.69, 9.17) is 9.47 Å². The second-order valence-corrected chi connectivity index (χ2v) is 9.11. The van der Waals surface area contributed by atoms with Crippen LogP contribution in [0.2, 0.25) is 0 Å². The molecule has 0 saturated carbocycles. The third-order valence-corrected chi connectivity index (χ3v) is 6.19. The molecule has 1 atom stereocenters. The summed E-state index contributed by atoms with van der Waals surface area (Å²) in [5.41, 5.74) is 0. The highest BCUT2D eigenvalue weighted by Gasteiger charge is 2.33. The van der Waals surface area contributed by atoms with Gasteiger partial charge in [0.05, 0.1) is 0 Å². The van der Waals surface area contributed by atoms with E-state index in [1.54, 1.807) is 6.92 Å². The standard InChI is InChI=1S/C27H48O4/c1-4-6-7-8-9-10-11-12-13-14-15-16-17-18-19-20-21-22-25(28)31-27-24(5-2)30-23(3)26(27)29/h23H,4-22H2,1-3H3. The van der Waals surface area contributed by atoms with E-state index in [-0.39, 0.29) is 17.5 Å². The SMILES string of the molecule is CCCCCCCCCCCCCCCCCCCC(=O)OC1=C(CC)OC(C)C1=O. The topological polar surface area (TPSA) is 52.6 Å². The Morgan fingerprint density at radius 1 is 0.742 bits per heavy atom. The minimum Gasteiger partial charge on any atom is -0.483 e. The highest BCUT2D eigenvalue weighted by atomic mass is 16.6. The van der Waals surface area contributed by atoms with Gasteiger partial charge in [0.15, 0.2) is 6.10 Å². The van der Waals surface area contributed by atoms with Crippen LogP contribution in [0.5, 0.6) is 0 Å². The van der Waals surface area contributed by atoms with E-state index < -0.39 is 6.10 Å². The lowest BCUT2D eigenvalue weighted by Crippen LogP contribution is -2.16. The summed E-state index contributed by atoms with van der Waals surface area (Å²) in [6, 6.07) is 0. The van der Waals surface area contributed by atoms with Crippen molar-refractivity contribution in [1.82, 2.24) is 0 Å². The Morgan fingerprint density at radius 2 is 1.16 bits per heavy atom. The summed E-state index contributed by atoms with van der Waals surface area (Å²) in [6.07, 6.45) is 22.8. The first kappa shape index (κ1) is 27.7. The smallest absolute Gasteiger partial charge is 0.311 e. The van der Waals surface area contributed by atoms with Crippen LogP contribution in [0.25, 0.3) is 0 Å². The summed E-state index contributed by atoms with van der Waals surface area (Å²) in [6.45, 7) is 5.86. The zero-order chi connectivity index (χ0) is 22.7. The first-order valence-corrected chi connectivity index (χ1v) is 13.2. The zero-order valence-corrected chi connectivity index (χ0v) is 20.6.